The first-order chi connectivity index (χ1) is 10.0. The quantitative estimate of drug-likeness (QED) is 0.650. The predicted octanol–water partition coefficient (Wildman–Crippen LogP) is 3.21. The van der Waals surface area contributed by atoms with E-state index in [2.05, 4.69) is 5.32 Å². The van der Waals surface area contributed by atoms with E-state index in [1.807, 2.05) is 0 Å². The molecule has 0 fully saturated rings. The molecule has 0 radical (unpaired) electrons. The number of nitro groups is 1. The number of carbonyl (C=O) groups is 1. The molecule has 0 unspecified atom stereocenters. The molecule has 6 nitrogen and oxygen atoms in total. The van der Waals surface area contributed by atoms with Crippen LogP contribution in [0.2, 0.25) is 0 Å². The third-order valence-corrected chi connectivity index (χ3v) is 3.22. The average Bonchev–Trinajstić information content (AvgIpc) is 2.46. The van der Waals surface area contributed by atoms with Crippen LogP contribution in [0, 0.1) is 17.0 Å². The molecule has 0 atom stereocenters. The fraction of sp³-hybridized carbons (Fsp3) is 0.133. The number of rotatable bonds is 5. The summed E-state index contributed by atoms with van der Waals surface area (Å²) in [7, 11) is 0. The van der Waals surface area contributed by atoms with E-state index in [1.165, 1.54) is 12.1 Å². The summed E-state index contributed by atoms with van der Waals surface area (Å²) >= 11 is 0. The molecule has 0 bridgehead atoms. The molecule has 2 aromatic rings. The molecule has 2 aromatic carbocycles. The maximum atomic E-state index is 11.1. The third kappa shape index (κ3) is 3.17. The van der Waals surface area contributed by atoms with Crippen LogP contribution in [0.3, 0.4) is 0 Å². The van der Waals surface area contributed by atoms with E-state index >= 15 is 0 Å². The van der Waals surface area contributed by atoms with Gasteiger partial charge in [-0.15, -0.1) is 0 Å². The van der Waals surface area contributed by atoms with Gasteiger partial charge >= 0.3 is 5.97 Å². The number of aromatic carboxylic acids is 1. The van der Waals surface area contributed by atoms with Crippen LogP contribution in [0.1, 0.15) is 21.5 Å². The number of nitrogens with zero attached hydrogens (tertiary/aromatic N) is 1. The van der Waals surface area contributed by atoms with Crippen molar-refractivity contribution in [2.45, 2.75) is 13.5 Å². The smallest absolute Gasteiger partial charge is 0.336 e. The van der Waals surface area contributed by atoms with Crippen LogP contribution in [0.15, 0.2) is 42.5 Å². The first-order valence-electron chi connectivity index (χ1n) is 6.29. The van der Waals surface area contributed by atoms with Gasteiger partial charge in [0, 0.05) is 23.9 Å². The number of hydrogen-bond donors (Lipinski definition) is 2. The number of hydrogen-bond acceptors (Lipinski definition) is 4. The molecule has 0 spiro atoms. The zero-order valence-corrected chi connectivity index (χ0v) is 11.4. The van der Waals surface area contributed by atoms with Crippen LogP contribution >= 0.6 is 0 Å². The Morgan fingerprint density at radius 2 is 1.95 bits per heavy atom. The molecule has 0 aromatic heterocycles. The van der Waals surface area contributed by atoms with E-state index in [9.17, 15) is 14.9 Å². The second-order valence-electron chi connectivity index (χ2n) is 4.52. The summed E-state index contributed by atoms with van der Waals surface area (Å²) in [6.07, 6.45) is 0. The predicted molar refractivity (Wildman–Crippen MR) is 78.6 cm³/mol. The Balaban J connectivity index is 2.23. The number of carboxylic acids is 1. The summed E-state index contributed by atoms with van der Waals surface area (Å²) in [5.74, 6) is -0.998. The highest BCUT2D eigenvalue weighted by molar-refractivity contribution is 5.91. The van der Waals surface area contributed by atoms with Gasteiger partial charge in [-0.25, -0.2) is 4.79 Å². The Hall–Kier alpha value is -2.89. The molecule has 0 heterocycles. The number of anilines is 1. The Kier molecular flexibility index (Phi) is 4.18. The molecule has 21 heavy (non-hydrogen) atoms. The number of nitrogens with one attached hydrogen (secondary N) is 1. The van der Waals surface area contributed by atoms with Crippen molar-refractivity contribution >= 4 is 17.3 Å². The molecule has 6 heteroatoms. The van der Waals surface area contributed by atoms with Gasteiger partial charge in [0.15, 0.2) is 0 Å². The Bertz CT molecular complexity index is 698. The fourth-order valence-electron chi connectivity index (χ4n) is 2.09. The van der Waals surface area contributed by atoms with Crippen molar-refractivity contribution in [3.63, 3.8) is 0 Å². The highest BCUT2D eigenvalue weighted by Gasteiger charge is 2.13. The molecule has 0 aliphatic rings. The highest BCUT2D eigenvalue weighted by atomic mass is 16.6. The molecule has 2 rings (SSSR count). The summed E-state index contributed by atoms with van der Waals surface area (Å²) in [5.41, 5.74) is 2.04. The molecule has 0 aliphatic carbocycles. The molecule has 108 valence electrons. The van der Waals surface area contributed by atoms with Crippen LogP contribution in [0.4, 0.5) is 11.4 Å². The van der Waals surface area contributed by atoms with Gasteiger partial charge in [-0.2, -0.15) is 0 Å². The second kappa shape index (κ2) is 6.04. The third-order valence-electron chi connectivity index (χ3n) is 3.22. The maximum Gasteiger partial charge on any atom is 0.336 e. The standard InChI is InChI=1S/C15H14N2O4/c1-10-12(15(18)19)6-4-7-13(10)16-9-11-5-2-3-8-14(11)17(20)21/h2-8,16H,9H2,1H3,(H,18,19). The fourth-order valence-corrected chi connectivity index (χ4v) is 2.09. The molecule has 0 saturated carbocycles. The van der Waals surface area contributed by atoms with Gasteiger partial charge in [-0.1, -0.05) is 24.3 Å². The minimum Gasteiger partial charge on any atom is -0.478 e. The molecular weight excluding hydrogens is 272 g/mol. The van der Waals surface area contributed by atoms with Gasteiger partial charge in [0.05, 0.1) is 10.5 Å². The first-order valence-corrected chi connectivity index (χ1v) is 6.29. The Morgan fingerprint density at radius 1 is 1.24 bits per heavy atom. The average molecular weight is 286 g/mol. The van der Waals surface area contributed by atoms with Crippen LogP contribution in [-0.4, -0.2) is 16.0 Å². The monoisotopic (exact) mass is 286 g/mol. The van der Waals surface area contributed by atoms with Gasteiger partial charge in [0.1, 0.15) is 0 Å². The normalized spacial score (nSPS) is 10.1. The lowest BCUT2D eigenvalue weighted by Crippen LogP contribution is -2.07. The lowest BCUT2D eigenvalue weighted by atomic mass is 10.1. The van der Waals surface area contributed by atoms with E-state index in [-0.39, 0.29) is 17.8 Å². The molecule has 0 aliphatic heterocycles. The summed E-state index contributed by atoms with van der Waals surface area (Å²) in [6, 6.07) is 11.4. The van der Waals surface area contributed by atoms with E-state index in [4.69, 9.17) is 5.11 Å². The topological polar surface area (TPSA) is 92.5 Å². The molecular formula is C15H14N2O4. The molecule has 2 N–H and O–H groups in total. The van der Waals surface area contributed by atoms with Gasteiger partial charge < -0.3 is 10.4 Å². The SMILES string of the molecule is Cc1c(NCc2ccccc2[N+](=O)[O-])cccc1C(=O)O. The van der Waals surface area contributed by atoms with Crippen molar-refractivity contribution in [3.8, 4) is 0 Å². The van der Waals surface area contributed by atoms with E-state index in [0.29, 0.717) is 16.8 Å². The molecule has 0 amide bonds. The summed E-state index contributed by atoms with van der Waals surface area (Å²) < 4.78 is 0. The largest absolute Gasteiger partial charge is 0.478 e. The van der Waals surface area contributed by atoms with Crippen molar-refractivity contribution in [2.75, 3.05) is 5.32 Å². The second-order valence-corrected chi connectivity index (χ2v) is 4.52. The van der Waals surface area contributed by atoms with Gasteiger partial charge in [0.2, 0.25) is 0 Å². The van der Waals surface area contributed by atoms with Crippen molar-refractivity contribution in [2.24, 2.45) is 0 Å². The minimum absolute atomic E-state index is 0.0389. The number of benzene rings is 2. The van der Waals surface area contributed by atoms with Crippen LogP contribution in [0.5, 0.6) is 0 Å². The van der Waals surface area contributed by atoms with Crippen LogP contribution in [-0.2, 0) is 6.54 Å². The zero-order valence-electron chi connectivity index (χ0n) is 11.4. The van der Waals surface area contributed by atoms with Crippen LogP contribution < -0.4 is 5.32 Å². The van der Waals surface area contributed by atoms with Gasteiger partial charge in [-0.05, 0) is 24.6 Å². The summed E-state index contributed by atoms with van der Waals surface area (Å²) in [4.78, 5) is 21.6. The minimum atomic E-state index is -0.998. The first kappa shape index (κ1) is 14.5. The number of para-hydroxylation sites is 1. The zero-order chi connectivity index (χ0) is 15.4. The molecule has 0 saturated heterocycles. The van der Waals surface area contributed by atoms with Crippen molar-refractivity contribution < 1.29 is 14.8 Å². The van der Waals surface area contributed by atoms with Crippen molar-refractivity contribution in [1.82, 2.24) is 0 Å². The van der Waals surface area contributed by atoms with E-state index in [0.717, 1.165) is 0 Å². The number of nitro benzene ring substituents is 1. The highest BCUT2D eigenvalue weighted by Crippen LogP contribution is 2.22. The summed E-state index contributed by atoms with van der Waals surface area (Å²) in [6.45, 7) is 1.95. The lowest BCUT2D eigenvalue weighted by Gasteiger charge is -2.11. The maximum absolute atomic E-state index is 11.1. The Labute approximate surface area is 121 Å². The van der Waals surface area contributed by atoms with E-state index in [1.54, 1.807) is 37.3 Å². The van der Waals surface area contributed by atoms with Gasteiger partial charge in [0.25, 0.3) is 5.69 Å². The Morgan fingerprint density at radius 3 is 2.62 bits per heavy atom. The van der Waals surface area contributed by atoms with E-state index < -0.39 is 10.9 Å². The van der Waals surface area contributed by atoms with Gasteiger partial charge in [-0.3, -0.25) is 10.1 Å². The summed E-state index contributed by atoms with van der Waals surface area (Å²) in [5, 5.41) is 23.1. The lowest BCUT2D eigenvalue weighted by molar-refractivity contribution is -0.385. The van der Waals surface area contributed by atoms with Crippen molar-refractivity contribution in [3.05, 3.63) is 69.3 Å². The van der Waals surface area contributed by atoms with Crippen LogP contribution in [0.25, 0.3) is 0 Å². The number of carboxylic acid groups (broad SMARTS) is 1. The van der Waals surface area contributed by atoms with Crippen molar-refractivity contribution in [1.29, 1.82) is 0 Å².